The van der Waals surface area contributed by atoms with Crippen LogP contribution >= 0.6 is 12.4 Å². The van der Waals surface area contributed by atoms with Gasteiger partial charge in [0.1, 0.15) is 11.5 Å². The summed E-state index contributed by atoms with van der Waals surface area (Å²) in [6.45, 7) is 0. The molecule has 1 atom stereocenters. The van der Waals surface area contributed by atoms with E-state index in [9.17, 15) is 4.39 Å². The van der Waals surface area contributed by atoms with Crippen LogP contribution in [0.2, 0.25) is 0 Å². The third-order valence-electron chi connectivity index (χ3n) is 4.21. The predicted octanol–water partition coefficient (Wildman–Crippen LogP) is 4.69. The zero-order chi connectivity index (χ0) is 17.2. The van der Waals surface area contributed by atoms with Crippen molar-refractivity contribution in [1.82, 2.24) is 10.1 Å². The van der Waals surface area contributed by atoms with Crippen molar-refractivity contribution in [1.29, 1.82) is 0 Å². The van der Waals surface area contributed by atoms with Gasteiger partial charge >= 0.3 is 0 Å². The number of hydrogen-bond acceptors (Lipinski definition) is 4. The van der Waals surface area contributed by atoms with Crippen molar-refractivity contribution in [3.05, 3.63) is 83.9 Å². The highest BCUT2D eigenvalue weighted by Crippen LogP contribution is 2.34. The topological polar surface area (TPSA) is 64.9 Å². The van der Waals surface area contributed by atoms with E-state index in [0.29, 0.717) is 28.8 Å². The normalized spacial score (nSPS) is 11.9. The fourth-order valence-electron chi connectivity index (χ4n) is 3.05. The van der Waals surface area contributed by atoms with E-state index in [1.165, 1.54) is 6.07 Å². The lowest BCUT2D eigenvalue weighted by molar-refractivity contribution is 0.459. The lowest BCUT2D eigenvalue weighted by Gasteiger charge is -2.16. The highest BCUT2D eigenvalue weighted by molar-refractivity contribution is 5.92. The van der Waals surface area contributed by atoms with Crippen molar-refractivity contribution in [3.8, 4) is 11.3 Å². The van der Waals surface area contributed by atoms with E-state index in [1.54, 1.807) is 12.3 Å². The Bertz CT molecular complexity index is 1020. The number of fused-ring (bicyclic) bond motifs is 1. The lowest BCUT2D eigenvalue weighted by Crippen LogP contribution is -2.17. The van der Waals surface area contributed by atoms with Crippen molar-refractivity contribution in [2.75, 3.05) is 0 Å². The first-order valence-electron chi connectivity index (χ1n) is 8.02. The molecule has 1 unspecified atom stereocenters. The second-order valence-electron chi connectivity index (χ2n) is 5.86. The lowest BCUT2D eigenvalue weighted by atomic mass is 9.93. The van der Waals surface area contributed by atoms with Gasteiger partial charge in [0.15, 0.2) is 5.58 Å². The molecule has 2 aromatic carbocycles. The summed E-state index contributed by atoms with van der Waals surface area (Å²) in [6.07, 6.45) is 2.14. The Morgan fingerprint density at radius 1 is 1.00 bits per heavy atom. The number of halogens is 2. The molecule has 6 heteroatoms. The Kier molecular flexibility index (Phi) is 5.30. The largest absolute Gasteiger partial charge is 0.356 e. The van der Waals surface area contributed by atoms with E-state index < -0.39 is 6.04 Å². The summed E-state index contributed by atoms with van der Waals surface area (Å²) in [5, 5.41) is 4.98. The summed E-state index contributed by atoms with van der Waals surface area (Å²) < 4.78 is 20.0. The molecule has 0 saturated carbocycles. The molecule has 0 spiro atoms. The van der Waals surface area contributed by atoms with Crippen molar-refractivity contribution in [3.63, 3.8) is 0 Å². The van der Waals surface area contributed by atoms with Gasteiger partial charge in [-0.05, 0) is 30.3 Å². The van der Waals surface area contributed by atoms with Crippen LogP contribution in [0.5, 0.6) is 0 Å². The average Bonchev–Trinajstić information content (AvgIpc) is 3.06. The van der Waals surface area contributed by atoms with Crippen LogP contribution < -0.4 is 5.73 Å². The smallest absolute Gasteiger partial charge is 0.167 e. The summed E-state index contributed by atoms with van der Waals surface area (Å²) in [6, 6.07) is 17.5. The van der Waals surface area contributed by atoms with E-state index >= 15 is 0 Å². The summed E-state index contributed by atoms with van der Waals surface area (Å²) in [5.74, 6) is -0.354. The second-order valence-corrected chi connectivity index (χ2v) is 5.86. The Balaban J connectivity index is 0.00000196. The van der Waals surface area contributed by atoms with Gasteiger partial charge in [0, 0.05) is 40.9 Å². The Morgan fingerprint density at radius 2 is 1.81 bits per heavy atom. The minimum Gasteiger partial charge on any atom is -0.356 e. The van der Waals surface area contributed by atoms with Gasteiger partial charge in [0.2, 0.25) is 0 Å². The SMILES string of the molecule is Cl.NC(Cc1ccccn1)c1c(F)cccc1-c1noc2ccccc12. The third kappa shape index (κ3) is 3.31. The van der Waals surface area contributed by atoms with Crippen molar-refractivity contribution in [2.45, 2.75) is 12.5 Å². The molecule has 0 aliphatic carbocycles. The molecule has 26 heavy (non-hydrogen) atoms. The molecule has 2 aromatic heterocycles. The number of benzene rings is 2. The van der Waals surface area contributed by atoms with Crippen LogP contribution in [0, 0.1) is 5.82 Å². The molecule has 0 bridgehead atoms. The van der Waals surface area contributed by atoms with E-state index in [1.807, 2.05) is 48.5 Å². The minimum atomic E-state index is -0.540. The Labute approximate surface area is 156 Å². The van der Waals surface area contributed by atoms with Crippen LogP contribution in [0.15, 0.2) is 71.4 Å². The maximum atomic E-state index is 14.6. The van der Waals surface area contributed by atoms with Crippen LogP contribution in [-0.2, 0) is 6.42 Å². The molecule has 0 fully saturated rings. The van der Waals surface area contributed by atoms with Crippen LogP contribution in [0.1, 0.15) is 17.3 Å². The zero-order valence-electron chi connectivity index (χ0n) is 13.8. The van der Waals surface area contributed by atoms with Crippen LogP contribution in [0.25, 0.3) is 22.2 Å². The standard InChI is InChI=1S/C20H16FN3O.ClH/c21-16-9-5-8-15(20-14-7-1-2-10-18(14)25-24-20)19(16)17(22)12-13-6-3-4-11-23-13;/h1-11,17H,12,22H2;1H. The van der Waals surface area contributed by atoms with E-state index in [2.05, 4.69) is 10.1 Å². The highest BCUT2D eigenvalue weighted by Gasteiger charge is 2.21. The Hall–Kier alpha value is -2.76. The number of nitrogens with two attached hydrogens (primary N) is 1. The molecule has 2 N–H and O–H groups in total. The fraction of sp³-hybridized carbons (Fsp3) is 0.100. The molecular weight excluding hydrogens is 353 g/mol. The number of hydrogen-bond donors (Lipinski definition) is 1. The molecule has 4 rings (SSSR count). The predicted molar refractivity (Wildman–Crippen MR) is 102 cm³/mol. The number of rotatable bonds is 4. The van der Waals surface area contributed by atoms with Crippen molar-refractivity contribution < 1.29 is 8.91 Å². The zero-order valence-corrected chi connectivity index (χ0v) is 14.6. The average molecular weight is 370 g/mol. The summed E-state index contributed by atoms with van der Waals surface area (Å²) in [7, 11) is 0. The van der Waals surface area contributed by atoms with Crippen molar-refractivity contribution >= 4 is 23.4 Å². The van der Waals surface area contributed by atoms with Gasteiger partial charge in [-0.1, -0.05) is 35.5 Å². The quantitative estimate of drug-likeness (QED) is 0.566. The number of aromatic nitrogens is 2. The van der Waals surface area contributed by atoms with E-state index in [4.69, 9.17) is 10.3 Å². The molecular formula is C20H17ClFN3O. The molecule has 4 nitrogen and oxygen atoms in total. The first-order valence-corrected chi connectivity index (χ1v) is 8.02. The number of para-hydroxylation sites is 1. The van der Waals surface area contributed by atoms with Gasteiger partial charge < -0.3 is 10.3 Å². The molecule has 0 saturated heterocycles. The van der Waals surface area contributed by atoms with Crippen LogP contribution in [0.4, 0.5) is 4.39 Å². The summed E-state index contributed by atoms with van der Waals surface area (Å²) in [4.78, 5) is 4.28. The van der Waals surface area contributed by atoms with Crippen molar-refractivity contribution in [2.24, 2.45) is 5.73 Å². The van der Waals surface area contributed by atoms with E-state index in [-0.39, 0.29) is 18.2 Å². The highest BCUT2D eigenvalue weighted by atomic mass is 35.5. The first kappa shape index (κ1) is 18.0. The van der Waals surface area contributed by atoms with Gasteiger partial charge in [-0.2, -0.15) is 0 Å². The molecule has 132 valence electrons. The summed E-state index contributed by atoms with van der Waals surface area (Å²) >= 11 is 0. The molecule has 0 radical (unpaired) electrons. The van der Waals surface area contributed by atoms with Gasteiger partial charge in [0.25, 0.3) is 0 Å². The fourth-order valence-corrected chi connectivity index (χ4v) is 3.05. The maximum Gasteiger partial charge on any atom is 0.167 e. The van der Waals surface area contributed by atoms with Gasteiger partial charge in [-0.3, -0.25) is 4.98 Å². The van der Waals surface area contributed by atoms with E-state index in [0.717, 1.165) is 11.1 Å². The minimum absolute atomic E-state index is 0. The first-order chi connectivity index (χ1) is 12.2. The van der Waals surface area contributed by atoms with Gasteiger partial charge in [0.05, 0.1) is 0 Å². The van der Waals surface area contributed by atoms with Crippen LogP contribution in [0.3, 0.4) is 0 Å². The number of nitrogens with zero attached hydrogens (tertiary/aromatic N) is 2. The van der Waals surface area contributed by atoms with Crippen LogP contribution in [-0.4, -0.2) is 10.1 Å². The maximum absolute atomic E-state index is 14.6. The molecule has 0 amide bonds. The third-order valence-corrected chi connectivity index (χ3v) is 4.21. The van der Waals surface area contributed by atoms with Gasteiger partial charge in [-0.25, -0.2) is 4.39 Å². The second kappa shape index (κ2) is 7.64. The molecule has 2 heterocycles. The van der Waals surface area contributed by atoms with Gasteiger partial charge in [-0.15, -0.1) is 12.4 Å². The number of pyridine rings is 1. The Morgan fingerprint density at radius 3 is 2.62 bits per heavy atom. The monoisotopic (exact) mass is 369 g/mol. The molecule has 0 aliphatic heterocycles. The molecule has 4 aromatic rings. The molecule has 0 aliphatic rings. The summed E-state index contributed by atoms with van der Waals surface area (Å²) in [5.41, 5.74) is 9.48.